The summed E-state index contributed by atoms with van der Waals surface area (Å²) >= 11 is 3.31. The molecule has 0 saturated heterocycles. The zero-order chi connectivity index (χ0) is 19.3. The van der Waals surface area contributed by atoms with Gasteiger partial charge in [0, 0.05) is 38.1 Å². The molecule has 1 amide bonds. The monoisotopic (exact) mass is 404 g/mol. The maximum absolute atomic E-state index is 12.0. The van der Waals surface area contributed by atoms with Gasteiger partial charge in [0.1, 0.15) is 11.6 Å². The van der Waals surface area contributed by atoms with Gasteiger partial charge in [-0.2, -0.15) is 0 Å². The largest absolute Gasteiger partial charge is 0.383 e. The number of hydrogen-bond acceptors (Lipinski definition) is 6. The average molecular weight is 405 g/mol. The number of nitrogens with two attached hydrogens (primary N) is 1. The highest BCUT2D eigenvalue weighted by Crippen LogP contribution is 2.26. The first-order valence-corrected chi connectivity index (χ1v) is 10.2. The molecule has 4 heterocycles. The van der Waals surface area contributed by atoms with Crippen LogP contribution in [-0.2, 0) is 0 Å². The van der Waals surface area contributed by atoms with Gasteiger partial charge in [-0.05, 0) is 47.2 Å². The number of benzene rings is 1. The quantitative estimate of drug-likeness (QED) is 0.411. The molecule has 1 aromatic carbocycles. The first-order valence-electron chi connectivity index (χ1n) is 8.48. The van der Waals surface area contributed by atoms with Gasteiger partial charge < -0.3 is 11.1 Å². The minimum absolute atomic E-state index is 0.137. The maximum atomic E-state index is 12.0. The Morgan fingerprint density at radius 2 is 1.46 bits per heavy atom. The van der Waals surface area contributed by atoms with Crippen LogP contribution in [0.25, 0.3) is 20.2 Å². The Kier molecular flexibility index (Phi) is 5.27. The second kappa shape index (κ2) is 8.16. The maximum Gasteiger partial charge on any atom is 0.256 e. The zero-order valence-corrected chi connectivity index (χ0v) is 16.3. The average Bonchev–Trinajstić information content (AvgIpc) is 3.40. The Bertz CT molecular complexity index is 1230. The molecular weight excluding hydrogens is 388 g/mol. The van der Waals surface area contributed by atoms with Gasteiger partial charge in [0.05, 0.1) is 0 Å². The predicted octanol–water partition coefficient (Wildman–Crippen LogP) is 5.43. The summed E-state index contributed by atoms with van der Waals surface area (Å²) in [5, 5.41) is 8.89. The predicted molar refractivity (Wildman–Crippen MR) is 118 cm³/mol. The van der Waals surface area contributed by atoms with Crippen LogP contribution in [0.15, 0.2) is 77.8 Å². The summed E-state index contributed by atoms with van der Waals surface area (Å²) in [5.41, 5.74) is 6.23. The Hall–Kier alpha value is -3.29. The minimum atomic E-state index is -0.137. The lowest BCUT2D eigenvalue weighted by Crippen LogP contribution is -2.12. The number of amides is 1. The third kappa shape index (κ3) is 3.85. The van der Waals surface area contributed by atoms with Crippen molar-refractivity contribution in [2.24, 2.45) is 0 Å². The van der Waals surface area contributed by atoms with Crippen LogP contribution in [0.2, 0.25) is 0 Å². The van der Waals surface area contributed by atoms with E-state index in [9.17, 15) is 4.79 Å². The van der Waals surface area contributed by atoms with Crippen LogP contribution in [0.5, 0.6) is 0 Å². The molecule has 0 atom stereocenters. The number of aromatic nitrogens is 2. The van der Waals surface area contributed by atoms with Gasteiger partial charge in [0.15, 0.2) is 0 Å². The van der Waals surface area contributed by atoms with Gasteiger partial charge >= 0.3 is 0 Å². The van der Waals surface area contributed by atoms with E-state index in [2.05, 4.69) is 15.3 Å². The van der Waals surface area contributed by atoms with Crippen molar-refractivity contribution in [3.05, 3.63) is 83.3 Å². The Labute approximate surface area is 169 Å². The van der Waals surface area contributed by atoms with Crippen LogP contribution >= 0.6 is 22.7 Å². The molecule has 0 aliphatic rings. The molecule has 0 spiro atoms. The summed E-state index contributed by atoms with van der Waals surface area (Å²) in [6, 6.07) is 17.0. The molecule has 4 aromatic heterocycles. The Morgan fingerprint density at radius 3 is 2.18 bits per heavy atom. The zero-order valence-electron chi connectivity index (χ0n) is 14.7. The highest BCUT2D eigenvalue weighted by Gasteiger charge is 2.09. The lowest BCUT2D eigenvalue weighted by atomic mass is 10.2. The van der Waals surface area contributed by atoms with Gasteiger partial charge in [-0.3, -0.25) is 4.79 Å². The van der Waals surface area contributed by atoms with E-state index >= 15 is 0 Å². The van der Waals surface area contributed by atoms with Crippen LogP contribution in [0.3, 0.4) is 0 Å². The van der Waals surface area contributed by atoms with E-state index in [0.29, 0.717) is 17.2 Å². The number of nitrogen functional groups attached to an aromatic ring is 1. The standard InChI is InChI=1S/C14H10N2OS.C7H6N2S/c17-14(10-4-2-1-3-5-10)16-13-11-7-9-18-12(11)6-8-15-13;8-7-5-2-4-10-6(5)1-3-9-7/h1-9H,(H,15,16,17);1-4H,(H2,8,9). The van der Waals surface area contributed by atoms with Crippen molar-refractivity contribution in [2.75, 3.05) is 11.1 Å². The second-order valence-electron chi connectivity index (χ2n) is 5.84. The fourth-order valence-corrected chi connectivity index (χ4v) is 4.25. The summed E-state index contributed by atoms with van der Waals surface area (Å²) < 4.78 is 2.32. The van der Waals surface area contributed by atoms with Crippen molar-refractivity contribution in [2.45, 2.75) is 0 Å². The van der Waals surface area contributed by atoms with E-state index in [0.717, 1.165) is 15.5 Å². The van der Waals surface area contributed by atoms with Crippen molar-refractivity contribution in [1.82, 2.24) is 9.97 Å². The van der Waals surface area contributed by atoms with Crippen LogP contribution in [0.1, 0.15) is 10.4 Å². The molecule has 0 radical (unpaired) electrons. The van der Waals surface area contributed by atoms with Gasteiger partial charge in [0.25, 0.3) is 5.91 Å². The summed E-state index contributed by atoms with van der Waals surface area (Å²) in [6.07, 6.45) is 3.44. The normalized spacial score (nSPS) is 10.4. The van der Waals surface area contributed by atoms with Crippen molar-refractivity contribution in [3.63, 3.8) is 0 Å². The number of pyridine rings is 2. The third-order valence-electron chi connectivity index (χ3n) is 4.06. The summed E-state index contributed by atoms with van der Waals surface area (Å²) in [7, 11) is 0. The number of carbonyl (C=O) groups is 1. The van der Waals surface area contributed by atoms with Crippen molar-refractivity contribution < 1.29 is 4.79 Å². The van der Waals surface area contributed by atoms with Crippen LogP contribution < -0.4 is 11.1 Å². The molecule has 28 heavy (non-hydrogen) atoms. The molecule has 0 unspecified atom stereocenters. The third-order valence-corrected chi connectivity index (χ3v) is 5.82. The minimum Gasteiger partial charge on any atom is -0.383 e. The van der Waals surface area contributed by atoms with E-state index in [1.165, 1.54) is 4.70 Å². The molecule has 7 heteroatoms. The lowest BCUT2D eigenvalue weighted by molar-refractivity contribution is 0.102. The van der Waals surface area contributed by atoms with Gasteiger partial charge in [-0.25, -0.2) is 9.97 Å². The van der Waals surface area contributed by atoms with Crippen LogP contribution in [0, 0.1) is 0 Å². The number of hydrogen-bond donors (Lipinski definition) is 2. The molecule has 5 rings (SSSR count). The summed E-state index contributed by atoms with van der Waals surface area (Å²) in [6.45, 7) is 0. The lowest BCUT2D eigenvalue weighted by Gasteiger charge is -2.05. The van der Waals surface area contributed by atoms with Crippen LogP contribution in [-0.4, -0.2) is 15.9 Å². The molecular formula is C21H16N4OS2. The Balaban J connectivity index is 0.000000162. The number of carbonyl (C=O) groups excluding carboxylic acids is 1. The number of thiophene rings is 2. The molecule has 0 saturated carbocycles. The van der Waals surface area contributed by atoms with E-state index in [1.54, 1.807) is 47.2 Å². The molecule has 0 fully saturated rings. The number of rotatable bonds is 2. The fraction of sp³-hybridized carbons (Fsp3) is 0. The van der Waals surface area contributed by atoms with Crippen LogP contribution in [0.4, 0.5) is 11.6 Å². The number of nitrogens with zero attached hydrogens (tertiary/aromatic N) is 2. The summed E-state index contributed by atoms with van der Waals surface area (Å²) in [5.74, 6) is 1.10. The molecule has 0 aliphatic carbocycles. The topological polar surface area (TPSA) is 80.9 Å². The number of anilines is 2. The Morgan fingerprint density at radius 1 is 0.821 bits per heavy atom. The first kappa shape index (κ1) is 18.1. The van der Waals surface area contributed by atoms with E-state index in [-0.39, 0.29) is 5.91 Å². The van der Waals surface area contributed by atoms with Gasteiger partial charge in [-0.15, -0.1) is 22.7 Å². The van der Waals surface area contributed by atoms with E-state index in [1.807, 2.05) is 53.2 Å². The molecule has 138 valence electrons. The fourth-order valence-electron chi connectivity index (χ4n) is 2.68. The van der Waals surface area contributed by atoms with Gasteiger partial charge in [-0.1, -0.05) is 18.2 Å². The molecule has 5 aromatic rings. The van der Waals surface area contributed by atoms with Gasteiger partial charge in [0.2, 0.25) is 0 Å². The number of fused-ring (bicyclic) bond motifs is 2. The highest BCUT2D eigenvalue weighted by molar-refractivity contribution is 7.17. The second-order valence-corrected chi connectivity index (χ2v) is 7.74. The van der Waals surface area contributed by atoms with Crippen molar-refractivity contribution in [1.29, 1.82) is 0 Å². The first-order chi connectivity index (χ1) is 13.7. The van der Waals surface area contributed by atoms with E-state index < -0.39 is 0 Å². The smallest absolute Gasteiger partial charge is 0.256 e. The molecule has 0 aliphatic heterocycles. The molecule has 0 bridgehead atoms. The van der Waals surface area contributed by atoms with Crippen molar-refractivity contribution in [3.8, 4) is 0 Å². The summed E-state index contributed by atoms with van der Waals surface area (Å²) in [4.78, 5) is 20.2. The highest BCUT2D eigenvalue weighted by atomic mass is 32.1. The van der Waals surface area contributed by atoms with Crippen molar-refractivity contribution >= 4 is 60.4 Å². The molecule has 5 nitrogen and oxygen atoms in total. The number of nitrogens with one attached hydrogen (secondary N) is 1. The SMILES string of the molecule is Nc1nccc2sccc12.O=C(Nc1nccc2sccc12)c1ccccc1. The van der Waals surface area contributed by atoms with E-state index in [4.69, 9.17) is 5.73 Å². The molecule has 3 N–H and O–H groups in total.